The molecule has 0 heterocycles. The Kier molecular flexibility index (Phi) is 7.06. The first-order valence-corrected chi connectivity index (χ1v) is 7.27. The Morgan fingerprint density at radius 3 is 2.65 bits per heavy atom. The van der Waals surface area contributed by atoms with Gasteiger partial charge < -0.3 is 10.0 Å². The molecule has 1 rings (SSSR count). The zero-order valence-corrected chi connectivity index (χ0v) is 12.7. The molecule has 0 aliphatic heterocycles. The maximum absolute atomic E-state index is 9.86. The summed E-state index contributed by atoms with van der Waals surface area (Å²) in [6.45, 7) is 10.2. The molecule has 0 spiro atoms. The Hall–Kier alpha value is -1.57. The Morgan fingerprint density at radius 2 is 2.05 bits per heavy atom. The van der Waals surface area contributed by atoms with Crippen LogP contribution in [0.2, 0.25) is 0 Å². The number of nitrogens with one attached hydrogen (secondary N) is 1. The van der Waals surface area contributed by atoms with E-state index in [-0.39, 0.29) is 5.75 Å². The molecule has 0 aliphatic carbocycles. The van der Waals surface area contributed by atoms with E-state index in [2.05, 4.69) is 30.1 Å². The SMILES string of the molecule is CCN(CC)CCCNC(C#N)c1cc(C)ccc1O. The molecule has 0 radical (unpaired) electrons. The van der Waals surface area contributed by atoms with Gasteiger partial charge in [0.25, 0.3) is 0 Å². The number of hydrogen-bond donors (Lipinski definition) is 2. The summed E-state index contributed by atoms with van der Waals surface area (Å²) in [6, 6.07) is 7.11. The maximum atomic E-state index is 9.86. The third-order valence-electron chi connectivity index (χ3n) is 3.52. The van der Waals surface area contributed by atoms with Gasteiger partial charge in [0.1, 0.15) is 11.8 Å². The van der Waals surface area contributed by atoms with Crippen molar-refractivity contribution in [2.75, 3.05) is 26.2 Å². The van der Waals surface area contributed by atoms with Crippen LogP contribution in [-0.4, -0.2) is 36.2 Å². The summed E-state index contributed by atoms with van der Waals surface area (Å²) < 4.78 is 0. The number of aromatic hydroxyl groups is 1. The number of benzene rings is 1. The van der Waals surface area contributed by atoms with Gasteiger partial charge in [0.05, 0.1) is 6.07 Å². The van der Waals surface area contributed by atoms with E-state index in [0.717, 1.165) is 38.2 Å². The minimum Gasteiger partial charge on any atom is -0.508 e. The van der Waals surface area contributed by atoms with Crippen LogP contribution >= 0.6 is 0 Å². The zero-order chi connectivity index (χ0) is 15.0. The lowest BCUT2D eigenvalue weighted by Gasteiger charge is -2.19. The van der Waals surface area contributed by atoms with Gasteiger partial charge in [-0.05, 0) is 51.7 Å². The van der Waals surface area contributed by atoms with Gasteiger partial charge >= 0.3 is 0 Å². The lowest BCUT2D eigenvalue weighted by Crippen LogP contribution is -2.28. The highest BCUT2D eigenvalue weighted by Crippen LogP contribution is 2.24. The first-order chi connectivity index (χ1) is 9.62. The summed E-state index contributed by atoms with van der Waals surface area (Å²) in [6.07, 6.45) is 0.992. The van der Waals surface area contributed by atoms with Gasteiger partial charge in [0, 0.05) is 5.56 Å². The quantitative estimate of drug-likeness (QED) is 0.716. The number of phenols is 1. The van der Waals surface area contributed by atoms with Gasteiger partial charge in [0.15, 0.2) is 0 Å². The van der Waals surface area contributed by atoms with E-state index in [0.29, 0.717) is 5.56 Å². The first-order valence-electron chi connectivity index (χ1n) is 7.27. The molecule has 0 aliphatic rings. The standard InChI is InChI=1S/C16H25N3O/c1-4-19(5-2)10-6-9-18-15(12-17)14-11-13(3)7-8-16(14)20/h7-8,11,15,18,20H,4-6,9-10H2,1-3H3. The fourth-order valence-corrected chi connectivity index (χ4v) is 2.22. The topological polar surface area (TPSA) is 59.3 Å². The Balaban J connectivity index is 2.52. The van der Waals surface area contributed by atoms with E-state index in [1.807, 2.05) is 19.1 Å². The number of nitriles is 1. The summed E-state index contributed by atoms with van der Waals surface area (Å²) >= 11 is 0. The van der Waals surface area contributed by atoms with Crippen molar-refractivity contribution in [2.45, 2.75) is 33.2 Å². The van der Waals surface area contributed by atoms with Crippen molar-refractivity contribution in [1.82, 2.24) is 10.2 Å². The highest BCUT2D eigenvalue weighted by atomic mass is 16.3. The smallest absolute Gasteiger partial charge is 0.124 e. The Bertz CT molecular complexity index is 450. The highest BCUT2D eigenvalue weighted by Gasteiger charge is 2.14. The van der Waals surface area contributed by atoms with E-state index >= 15 is 0 Å². The molecule has 1 aromatic rings. The number of nitrogens with zero attached hydrogens (tertiary/aromatic N) is 2. The van der Waals surface area contributed by atoms with Crippen molar-refractivity contribution in [3.05, 3.63) is 29.3 Å². The normalized spacial score (nSPS) is 12.3. The molecule has 0 saturated heterocycles. The summed E-state index contributed by atoms with van der Waals surface area (Å²) in [5.74, 6) is 0.179. The minimum atomic E-state index is -0.452. The molecule has 0 bridgehead atoms. The van der Waals surface area contributed by atoms with Gasteiger partial charge in [-0.25, -0.2) is 0 Å². The molecule has 0 aromatic heterocycles. The number of rotatable bonds is 8. The fraction of sp³-hybridized carbons (Fsp3) is 0.562. The maximum Gasteiger partial charge on any atom is 0.124 e. The van der Waals surface area contributed by atoms with Crippen LogP contribution in [-0.2, 0) is 0 Å². The summed E-state index contributed by atoms with van der Waals surface area (Å²) in [5.41, 5.74) is 1.71. The van der Waals surface area contributed by atoms with E-state index in [1.54, 1.807) is 6.07 Å². The van der Waals surface area contributed by atoms with Crippen LogP contribution in [0.25, 0.3) is 0 Å². The minimum absolute atomic E-state index is 0.179. The van der Waals surface area contributed by atoms with E-state index < -0.39 is 6.04 Å². The predicted molar refractivity (Wildman–Crippen MR) is 81.6 cm³/mol. The van der Waals surface area contributed by atoms with Crippen LogP contribution in [0.3, 0.4) is 0 Å². The van der Waals surface area contributed by atoms with Crippen molar-refractivity contribution in [3.8, 4) is 11.8 Å². The van der Waals surface area contributed by atoms with Crippen molar-refractivity contribution >= 4 is 0 Å². The summed E-state index contributed by atoms with van der Waals surface area (Å²) in [5, 5.41) is 22.3. The third kappa shape index (κ3) is 4.84. The van der Waals surface area contributed by atoms with Crippen LogP contribution in [0.5, 0.6) is 5.75 Å². The molecule has 1 unspecified atom stereocenters. The average Bonchev–Trinajstić information content (AvgIpc) is 2.46. The van der Waals surface area contributed by atoms with Crippen molar-refractivity contribution in [1.29, 1.82) is 5.26 Å². The Labute approximate surface area is 122 Å². The molecule has 4 heteroatoms. The zero-order valence-electron chi connectivity index (χ0n) is 12.7. The Morgan fingerprint density at radius 1 is 1.35 bits per heavy atom. The number of aryl methyl sites for hydroxylation is 1. The molecule has 1 atom stereocenters. The van der Waals surface area contributed by atoms with Gasteiger partial charge in [-0.1, -0.05) is 25.5 Å². The lowest BCUT2D eigenvalue weighted by molar-refractivity contribution is 0.297. The van der Waals surface area contributed by atoms with Gasteiger partial charge in [0.2, 0.25) is 0 Å². The fourth-order valence-electron chi connectivity index (χ4n) is 2.22. The van der Waals surface area contributed by atoms with E-state index in [4.69, 9.17) is 0 Å². The van der Waals surface area contributed by atoms with Gasteiger partial charge in [-0.2, -0.15) is 5.26 Å². The summed E-state index contributed by atoms with van der Waals surface area (Å²) in [7, 11) is 0. The monoisotopic (exact) mass is 275 g/mol. The second-order valence-corrected chi connectivity index (χ2v) is 4.96. The van der Waals surface area contributed by atoms with Crippen LogP contribution in [0.4, 0.5) is 0 Å². The van der Waals surface area contributed by atoms with Gasteiger partial charge in [-0.15, -0.1) is 0 Å². The first kappa shape index (κ1) is 16.5. The molecule has 0 saturated carbocycles. The molecular weight excluding hydrogens is 250 g/mol. The van der Waals surface area contributed by atoms with Crippen LogP contribution < -0.4 is 5.32 Å². The number of phenolic OH excluding ortho intramolecular Hbond substituents is 1. The van der Waals surface area contributed by atoms with Crippen molar-refractivity contribution < 1.29 is 5.11 Å². The van der Waals surface area contributed by atoms with Crippen LogP contribution in [0.1, 0.15) is 37.4 Å². The molecule has 20 heavy (non-hydrogen) atoms. The third-order valence-corrected chi connectivity index (χ3v) is 3.52. The van der Waals surface area contributed by atoms with E-state index in [1.165, 1.54) is 0 Å². The van der Waals surface area contributed by atoms with Crippen LogP contribution in [0, 0.1) is 18.3 Å². The van der Waals surface area contributed by atoms with Gasteiger partial charge in [-0.3, -0.25) is 5.32 Å². The largest absolute Gasteiger partial charge is 0.508 e. The molecule has 0 fully saturated rings. The molecule has 0 amide bonds. The summed E-state index contributed by atoms with van der Waals surface area (Å²) in [4.78, 5) is 2.35. The number of hydrogen-bond acceptors (Lipinski definition) is 4. The second-order valence-electron chi connectivity index (χ2n) is 4.96. The van der Waals surface area contributed by atoms with Crippen molar-refractivity contribution in [3.63, 3.8) is 0 Å². The van der Waals surface area contributed by atoms with Crippen LogP contribution in [0.15, 0.2) is 18.2 Å². The highest BCUT2D eigenvalue weighted by molar-refractivity contribution is 5.40. The molecule has 4 nitrogen and oxygen atoms in total. The molecular formula is C16H25N3O. The molecule has 2 N–H and O–H groups in total. The second kappa shape index (κ2) is 8.57. The average molecular weight is 275 g/mol. The predicted octanol–water partition coefficient (Wildman–Crippen LogP) is 2.59. The lowest BCUT2D eigenvalue weighted by atomic mass is 10.0. The van der Waals surface area contributed by atoms with Crippen molar-refractivity contribution in [2.24, 2.45) is 0 Å². The van der Waals surface area contributed by atoms with E-state index in [9.17, 15) is 10.4 Å². The molecule has 1 aromatic carbocycles. The molecule has 110 valence electrons.